The van der Waals surface area contributed by atoms with E-state index in [1.165, 1.54) is 12.8 Å². The average Bonchev–Trinajstić information content (AvgIpc) is 2.41. The monoisotopic (exact) mass is 262 g/mol. The molecule has 0 atom stereocenters. The van der Waals surface area contributed by atoms with E-state index in [0.717, 1.165) is 25.2 Å². The molecule has 0 spiro atoms. The van der Waals surface area contributed by atoms with Crippen molar-refractivity contribution in [3.63, 3.8) is 0 Å². The number of carbonyl (C=O) groups is 1. The predicted molar refractivity (Wildman–Crippen MR) is 75.3 cm³/mol. The molecule has 0 aliphatic carbocycles. The van der Waals surface area contributed by atoms with Gasteiger partial charge < -0.3 is 15.3 Å². The van der Waals surface area contributed by atoms with Crippen LogP contribution in [0.3, 0.4) is 0 Å². The number of carboxylic acids is 1. The van der Waals surface area contributed by atoms with E-state index in [0.29, 0.717) is 18.0 Å². The van der Waals surface area contributed by atoms with Crippen molar-refractivity contribution in [2.24, 2.45) is 5.92 Å². The highest BCUT2D eigenvalue weighted by Crippen LogP contribution is 2.15. The van der Waals surface area contributed by atoms with Gasteiger partial charge in [-0.1, -0.05) is 18.2 Å². The molecular formula is C15H22N2O2. The first-order valence-electron chi connectivity index (χ1n) is 6.87. The summed E-state index contributed by atoms with van der Waals surface area (Å²) in [7, 11) is 2.16. The summed E-state index contributed by atoms with van der Waals surface area (Å²) in [5.74, 6) is -0.134. The predicted octanol–water partition coefficient (Wildman–Crippen LogP) is 1.82. The number of likely N-dealkylation sites (tertiary alicyclic amines) is 1. The molecule has 1 aliphatic heterocycles. The van der Waals surface area contributed by atoms with Gasteiger partial charge in [-0.15, -0.1) is 0 Å². The maximum atomic E-state index is 11.1. The van der Waals surface area contributed by atoms with E-state index in [-0.39, 0.29) is 0 Å². The Morgan fingerprint density at radius 2 is 2.05 bits per heavy atom. The molecular weight excluding hydrogens is 240 g/mol. The van der Waals surface area contributed by atoms with Gasteiger partial charge in [-0.05, 0) is 57.1 Å². The molecule has 0 radical (unpaired) electrons. The maximum absolute atomic E-state index is 11.1. The quantitative estimate of drug-likeness (QED) is 0.850. The van der Waals surface area contributed by atoms with Crippen molar-refractivity contribution in [2.75, 3.05) is 26.7 Å². The van der Waals surface area contributed by atoms with Gasteiger partial charge in [-0.2, -0.15) is 0 Å². The maximum Gasteiger partial charge on any atom is 0.336 e. The molecule has 1 heterocycles. The molecule has 0 unspecified atom stereocenters. The average molecular weight is 262 g/mol. The van der Waals surface area contributed by atoms with Crippen LogP contribution < -0.4 is 5.32 Å². The van der Waals surface area contributed by atoms with Crippen LogP contribution in [-0.4, -0.2) is 42.7 Å². The Kier molecular flexibility index (Phi) is 4.93. The summed E-state index contributed by atoms with van der Waals surface area (Å²) in [5, 5.41) is 12.5. The van der Waals surface area contributed by atoms with Gasteiger partial charge in [-0.25, -0.2) is 4.79 Å². The fourth-order valence-electron chi connectivity index (χ4n) is 2.56. The van der Waals surface area contributed by atoms with Gasteiger partial charge in [0.15, 0.2) is 0 Å². The van der Waals surface area contributed by atoms with E-state index in [1.807, 2.05) is 12.1 Å². The van der Waals surface area contributed by atoms with E-state index < -0.39 is 5.97 Å². The Hall–Kier alpha value is -1.39. The minimum Gasteiger partial charge on any atom is -0.478 e. The summed E-state index contributed by atoms with van der Waals surface area (Å²) in [6.07, 6.45) is 2.45. The number of carboxylic acid groups (broad SMARTS) is 1. The molecule has 0 amide bonds. The van der Waals surface area contributed by atoms with E-state index in [1.54, 1.807) is 12.1 Å². The summed E-state index contributed by atoms with van der Waals surface area (Å²) >= 11 is 0. The van der Waals surface area contributed by atoms with E-state index >= 15 is 0 Å². The first kappa shape index (κ1) is 14.0. The Bertz CT molecular complexity index is 426. The third-order valence-corrected chi connectivity index (χ3v) is 3.83. The van der Waals surface area contributed by atoms with E-state index in [2.05, 4.69) is 17.3 Å². The fraction of sp³-hybridized carbons (Fsp3) is 0.533. The Balaban J connectivity index is 1.81. The lowest BCUT2D eigenvalue weighted by molar-refractivity contribution is 0.0695. The van der Waals surface area contributed by atoms with Gasteiger partial charge in [0.05, 0.1) is 5.56 Å². The first-order chi connectivity index (χ1) is 9.16. The Labute approximate surface area is 114 Å². The van der Waals surface area contributed by atoms with Crippen LogP contribution in [0.4, 0.5) is 0 Å². The van der Waals surface area contributed by atoms with Crippen molar-refractivity contribution < 1.29 is 9.90 Å². The summed E-state index contributed by atoms with van der Waals surface area (Å²) in [4.78, 5) is 13.4. The van der Waals surface area contributed by atoms with Gasteiger partial charge in [-0.3, -0.25) is 0 Å². The van der Waals surface area contributed by atoms with Crippen molar-refractivity contribution >= 4 is 5.97 Å². The number of hydrogen-bond donors (Lipinski definition) is 2. The zero-order valence-corrected chi connectivity index (χ0v) is 11.4. The molecule has 4 heteroatoms. The number of hydrogen-bond acceptors (Lipinski definition) is 3. The van der Waals surface area contributed by atoms with E-state index in [4.69, 9.17) is 5.11 Å². The van der Waals surface area contributed by atoms with Crippen LogP contribution in [-0.2, 0) is 6.54 Å². The van der Waals surface area contributed by atoms with Crippen molar-refractivity contribution in [1.82, 2.24) is 10.2 Å². The van der Waals surface area contributed by atoms with Crippen LogP contribution in [0.2, 0.25) is 0 Å². The van der Waals surface area contributed by atoms with Gasteiger partial charge >= 0.3 is 5.97 Å². The first-order valence-corrected chi connectivity index (χ1v) is 6.87. The summed E-state index contributed by atoms with van der Waals surface area (Å²) in [6.45, 7) is 3.94. The standard InChI is InChI=1S/C15H22N2O2/c1-17-8-6-12(7-9-17)10-16-11-13-4-2-3-5-14(13)15(18)19/h2-5,12,16H,6-11H2,1H3,(H,18,19). The molecule has 4 nitrogen and oxygen atoms in total. The number of piperidine rings is 1. The van der Waals surface area contributed by atoms with Crippen LogP contribution in [0, 0.1) is 5.92 Å². The summed E-state index contributed by atoms with van der Waals surface area (Å²) in [6, 6.07) is 7.20. The number of rotatable bonds is 5. The summed E-state index contributed by atoms with van der Waals surface area (Å²) in [5.41, 5.74) is 1.27. The second kappa shape index (κ2) is 6.68. The third kappa shape index (κ3) is 4.04. The van der Waals surface area contributed by atoms with Crippen molar-refractivity contribution in [1.29, 1.82) is 0 Å². The van der Waals surface area contributed by atoms with Crippen LogP contribution in [0.5, 0.6) is 0 Å². The van der Waals surface area contributed by atoms with Gasteiger partial charge in [0, 0.05) is 6.54 Å². The van der Waals surface area contributed by atoms with Crippen LogP contribution >= 0.6 is 0 Å². The number of nitrogens with one attached hydrogen (secondary N) is 1. The lowest BCUT2D eigenvalue weighted by Crippen LogP contribution is -2.34. The second-order valence-electron chi connectivity index (χ2n) is 5.34. The van der Waals surface area contributed by atoms with Gasteiger partial charge in [0.1, 0.15) is 0 Å². The minimum absolute atomic E-state index is 0.401. The minimum atomic E-state index is -0.850. The fourth-order valence-corrected chi connectivity index (χ4v) is 2.56. The van der Waals surface area contributed by atoms with Crippen LogP contribution in [0.25, 0.3) is 0 Å². The smallest absolute Gasteiger partial charge is 0.336 e. The topological polar surface area (TPSA) is 52.6 Å². The highest BCUT2D eigenvalue weighted by molar-refractivity contribution is 5.89. The molecule has 1 saturated heterocycles. The molecule has 19 heavy (non-hydrogen) atoms. The van der Waals surface area contributed by atoms with Crippen molar-refractivity contribution in [3.05, 3.63) is 35.4 Å². The number of aromatic carboxylic acids is 1. The number of benzene rings is 1. The molecule has 0 aromatic heterocycles. The highest BCUT2D eigenvalue weighted by Gasteiger charge is 2.16. The largest absolute Gasteiger partial charge is 0.478 e. The SMILES string of the molecule is CN1CCC(CNCc2ccccc2C(=O)O)CC1. The zero-order chi connectivity index (χ0) is 13.7. The lowest BCUT2D eigenvalue weighted by atomic mass is 9.97. The zero-order valence-electron chi connectivity index (χ0n) is 11.4. The highest BCUT2D eigenvalue weighted by atomic mass is 16.4. The molecule has 104 valence electrons. The lowest BCUT2D eigenvalue weighted by Gasteiger charge is -2.29. The Morgan fingerprint density at radius 3 is 2.74 bits per heavy atom. The molecule has 2 N–H and O–H groups in total. The van der Waals surface area contributed by atoms with Crippen molar-refractivity contribution in [3.8, 4) is 0 Å². The summed E-state index contributed by atoms with van der Waals surface area (Å²) < 4.78 is 0. The van der Waals surface area contributed by atoms with Gasteiger partial charge in [0.25, 0.3) is 0 Å². The second-order valence-corrected chi connectivity index (χ2v) is 5.34. The normalized spacial score (nSPS) is 17.5. The van der Waals surface area contributed by atoms with Gasteiger partial charge in [0.2, 0.25) is 0 Å². The third-order valence-electron chi connectivity index (χ3n) is 3.83. The molecule has 0 saturated carbocycles. The number of nitrogens with zero attached hydrogens (tertiary/aromatic N) is 1. The van der Waals surface area contributed by atoms with Crippen molar-refractivity contribution in [2.45, 2.75) is 19.4 Å². The molecule has 1 aliphatic rings. The molecule has 1 aromatic carbocycles. The molecule has 2 rings (SSSR count). The molecule has 1 aromatic rings. The molecule has 1 fully saturated rings. The Morgan fingerprint density at radius 1 is 1.37 bits per heavy atom. The van der Waals surface area contributed by atoms with Crippen LogP contribution in [0.15, 0.2) is 24.3 Å². The van der Waals surface area contributed by atoms with Crippen LogP contribution in [0.1, 0.15) is 28.8 Å². The molecule has 0 bridgehead atoms. The van der Waals surface area contributed by atoms with E-state index in [9.17, 15) is 4.79 Å².